The Morgan fingerprint density at radius 3 is 2.68 bits per heavy atom. The van der Waals surface area contributed by atoms with Crippen LogP contribution in [-0.4, -0.2) is 61.3 Å². The van der Waals surface area contributed by atoms with Crippen LogP contribution in [0.3, 0.4) is 0 Å². The average Bonchev–Trinajstić information content (AvgIpc) is 3.36. The van der Waals surface area contributed by atoms with Crippen molar-refractivity contribution in [2.24, 2.45) is 0 Å². The third kappa shape index (κ3) is 3.12. The molecule has 4 heterocycles. The molecule has 0 unspecified atom stereocenters. The number of anilines is 1. The first-order valence-electron chi connectivity index (χ1n) is 9.28. The van der Waals surface area contributed by atoms with Crippen LogP contribution in [0.25, 0.3) is 15.9 Å². The molecule has 0 radical (unpaired) electrons. The molecule has 1 fully saturated rings. The van der Waals surface area contributed by atoms with Crippen molar-refractivity contribution in [3.05, 3.63) is 53.4 Å². The first-order valence-corrected chi connectivity index (χ1v) is 10.2. The molecule has 1 aliphatic heterocycles. The minimum Gasteiger partial charge on any atom is -0.353 e. The van der Waals surface area contributed by atoms with E-state index in [1.807, 2.05) is 35.0 Å². The van der Waals surface area contributed by atoms with Crippen molar-refractivity contribution in [3.8, 4) is 5.69 Å². The normalized spacial score (nSPS) is 15.4. The van der Waals surface area contributed by atoms with Crippen molar-refractivity contribution < 1.29 is 0 Å². The summed E-state index contributed by atoms with van der Waals surface area (Å²) in [5.74, 6) is 1.91. The van der Waals surface area contributed by atoms with Gasteiger partial charge in [0.15, 0.2) is 5.82 Å². The van der Waals surface area contributed by atoms with Crippen LogP contribution in [-0.2, 0) is 6.54 Å². The first-order chi connectivity index (χ1) is 13.8. The summed E-state index contributed by atoms with van der Waals surface area (Å²) in [6, 6.07) is 10.0. The van der Waals surface area contributed by atoms with E-state index in [2.05, 4.69) is 47.6 Å². The van der Waals surface area contributed by atoms with Gasteiger partial charge in [0.25, 0.3) is 0 Å². The highest BCUT2D eigenvalue weighted by molar-refractivity contribution is 7.18. The molecule has 1 aliphatic rings. The minimum absolute atomic E-state index is 0.729. The van der Waals surface area contributed by atoms with Crippen molar-refractivity contribution in [2.45, 2.75) is 13.5 Å². The van der Waals surface area contributed by atoms with E-state index in [1.54, 1.807) is 17.7 Å². The summed E-state index contributed by atoms with van der Waals surface area (Å²) in [6.45, 7) is 6.57. The quantitative estimate of drug-likeness (QED) is 0.527. The van der Waals surface area contributed by atoms with E-state index in [0.717, 1.165) is 55.6 Å². The van der Waals surface area contributed by atoms with E-state index in [1.165, 1.54) is 10.3 Å². The number of fused-ring (bicyclic) bond motifs is 1. The van der Waals surface area contributed by atoms with Crippen molar-refractivity contribution in [1.82, 2.24) is 35.1 Å². The van der Waals surface area contributed by atoms with Crippen LogP contribution in [0.2, 0.25) is 0 Å². The van der Waals surface area contributed by atoms with E-state index in [4.69, 9.17) is 0 Å². The Morgan fingerprint density at radius 1 is 1.04 bits per heavy atom. The number of thiophene rings is 1. The lowest BCUT2D eigenvalue weighted by Gasteiger charge is -2.35. The summed E-state index contributed by atoms with van der Waals surface area (Å²) in [6.07, 6.45) is 1.68. The van der Waals surface area contributed by atoms with Gasteiger partial charge in [-0.05, 0) is 40.4 Å². The Morgan fingerprint density at radius 2 is 1.86 bits per heavy atom. The maximum absolute atomic E-state index is 4.57. The van der Waals surface area contributed by atoms with Crippen LogP contribution >= 0.6 is 11.3 Å². The lowest BCUT2D eigenvalue weighted by atomic mass is 10.2. The predicted molar refractivity (Wildman–Crippen MR) is 109 cm³/mol. The Bertz CT molecular complexity index is 1080. The van der Waals surface area contributed by atoms with Crippen molar-refractivity contribution >= 4 is 27.4 Å². The molecule has 8 nitrogen and oxygen atoms in total. The number of aryl methyl sites for hydroxylation is 1. The molecular formula is C19H20N8S. The van der Waals surface area contributed by atoms with Gasteiger partial charge in [-0.3, -0.25) is 4.90 Å². The molecule has 3 aromatic heterocycles. The molecule has 0 saturated carbocycles. The number of tetrazole rings is 1. The largest absolute Gasteiger partial charge is 0.353 e. The molecule has 0 spiro atoms. The van der Waals surface area contributed by atoms with E-state index in [0.29, 0.717) is 0 Å². The second-order valence-electron chi connectivity index (χ2n) is 6.90. The lowest BCUT2D eigenvalue weighted by Crippen LogP contribution is -2.46. The van der Waals surface area contributed by atoms with E-state index < -0.39 is 0 Å². The number of rotatable bonds is 4. The zero-order valence-electron chi connectivity index (χ0n) is 15.6. The van der Waals surface area contributed by atoms with Gasteiger partial charge in [-0.2, -0.15) is 4.68 Å². The number of hydrogen-bond acceptors (Lipinski definition) is 8. The van der Waals surface area contributed by atoms with Crippen LogP contribution in [0.4, 0.5) is 5.82 Å². The number of aromatic nitrogens is 6. The van der Waals surface area contributed by atoms with Crippen molar-refractivity contribution in [2.75, 3.05) is 31.1 Å². The van der Waals surface area contributed by atoms with Gasteiger partial charge in [-0.25, -0.2) is 9.97 Å². The zero-order valence-corrected chi connectivity index (χ0v) is 16.4. The fourth-order valence-corrected chi connectivity index (χ4v) is 4.59. The Balaban J connectivity index is 1.29. The number of benzene rings is 1. The molecule has 0 amide bonds. The van der Waals surface area contributed by atoms with Crippen LogP contribution < -0.4 is 4.90 Å². The molecule has 4 aromatic rings. The van der Waals surface area contributed by atoms with Crippen LogP contribution in [0.1, 0.15) is 11.4 Å². The fraction of sp³-hybridized carbons (Fsp3) is 0.316. The molecule has 28 heavy (non-hydrogen) atoms. The maximum Gasteiger partial charge on any atom is 0.170 e. The predicted octanol–water partition coefficient (Wildman–Crippen LogP) is 2.30. The van der Waals surface area contributed by atoms with Gasteiger partial charge in [0.05, 0.1) is 22.4 Å². The van der Waals surface area contributed by atoms with Gasteiger partial charge in [-0.1, -0.05) is 18.2 Å². The number of para-hydroxylation sites is 1. The second-order valence-corrected chi connectivity index (χ2v) is 7.78. The number of hydrogen-bond donors (Lipinski definition) is 0. The SMILES string of the molecule is Cc1csc2c(N3CCN(Cc4nnnn4-c4ccccc4)CC3)ncnc12. The topological polar surface area (TPSA) is 75.9 Å². The molecule has 0 atom stereocenters. The highest BCUT2D eigenvalue weighted by Crippen LogP contribution is 2.31. The standard InChI is InChI=1S/C19H20N8S/c1-14-12-28-18-17(14)20-13-21-19(18)26-9-7-25(8-10-26)11-16-22-23-24-27(16)15-5-3-2-4-6-15/h2-6,12-13H,7-11H2,1H3. The van der Waals surface area contributed by atoms with E-state index >= 15 is 0 Å². The van der Waals surface area contributed by atoms with E-state index in [9.17, 15) is 0 Å². The number of piperazine rings is 1. The molecule has 5 rings (SSSR count). The third-order valence-electron chi connectivity index (χ3n) is 5.08. The Hall–Kier alpha value is -2.91. The fourth-order valence-electron chi connectivity index (χ4n) is 3.57. The average molecular weight is 392 g/mol. The Kier molecular flexibility index (Phi) is 4.46. The molecule has 0 N–H and O–H groups in total. The van der Waals surface area contributed by atoms with Gasteiger partial charge in [0, 0.05) is 26.2 Å². The van der Waals surface area contributed by atoms with Gasteiger partial charge < -0.3 is 4.90 Å². The molecule has 1 saturated heterocycles. The molecule has 0 aliphatic carbocycles. The summed E-state index contributed by atoms with van der Waals surface area (Å²) >= 11 is 1.73. The van der Waals surface area contributed by atoms with E-state index in [-0.39, 0.29) is 0 Å². The molecule has 1 aromatic carbocycles. The molecule has 142 valence electrons. The van der Waals surface area contributed by atoms with Gasteiger partial charge in [-0.15, -0.1) is 16.4 Å². The molecule has 0 bridgehead atoms. The van der Waals surface area contributed by atoms with Gasteiger partial charge in [0.1, 0.15) is 12.1 Å². The highest BCUT2D eigenvalue weighted by atomic mass is 32.1. The zero-order chi connectivity index (χ0) is 18.9. The van der Waals surface area contributed by atoms with Crippen LogP contribution in [0.5, 0.6) is 0 Å². The first kappa shape index (κ1) is 17.2. The van der Waals surface area contributed by atoms with Gasteiger partial charge >= 0.3 is 0 Å². The third-order valence-corrected chi connectivity index (χ3v) is 6.17. The second kappa shape index (κ2) is 7.25. The smallest absolute Gasteiger partial charge is 0.170 e. The van der Waals surface area contributed by atoms with Crippen LogP contribution in [0.15, 0.2) is 42.0 Å². The summed E-state index contributed by atoms with van der Waals surface area (Å²) in [4.78, 5) is 13.8. The minimum atomic E-state index is 0.729. The monoisotopic (exact) mass is 392 g/mol. The number of nitrogens with zero attached hydrogens (tertiary/aromatic N) is 8. The Labute approximate surface area is 166 Å². The van der Waals surface area contributed by atoms with Crippen molar-refractivity contribution in [3.63, 3.8) is 0 Å². The van der Waals surface area contributed by atoms with Gasteiger partial charge in [0.2, 0.25) is 0 Å². The summed E-state index contributed by atoms with van der Waals surface area (Å²) in [5.41, 5.74) is 3.27. The van der Waals surface area contributed by atoms with Crippen molar-refractivity contribution in [1.29, 1.82) is 0 Å². The summed E-state index contributed by atoms with van der Waals surface area (Å²) < 4.78 is 3.00. The molecule has 9 heteroatoms. The lowest BCUT2D eigenvalue weighted by molar-refractivity contribution is 0.242. The maximum atomic E-state index is 4.57. The highest BCUT2D eigenvalue weighted by Gasteiger charge is 2.22. The summed E-state index contributed by atoms with van der Waals surface area (Å²) in [7, 11) is 0. The molecular weight excluding hydrogens is 372 g/mol. The van der Waals surface area contributed by atoms with Crippen LogP contribution in [0, 0.1) is 6.92 Å². The summed E-state index contributed by atoms with van der Waals surface area (Å²) in [5, 5.41) is 14.4.